The van der Waals surface area contributed by atoms with Gasteiger partial charge in [-0.15, -0.1) is 0 Å². The maximum absolute atomic E-state index is 13.3. The third kappa shape index (κ3) is 2.73. The maximum Gasteiger partial charge on any atom is 0.162 e. The molecule has 1 aromatic heterocycles. The predicted octanol–water partition coefficient (Wildman–Crippen LogP) is 6.09. The van der Waals surface area contributed by atoms with Crippen LogP contribution in [0.5, 0.6) is 0 Å². The van der Waals surface area contributed by atoms with Crippen LogP contribution in [0.2, 0.25) is 5.02 Å². The van der Waals surface area contributed by atoms with E-state index in [1.54, 1.807) is 0 Å². The van der Waals surface area contributed by atoms with Gasteiger partial charge in [0.2, 0.25) is 0 Å². The topological polar surface area (TPSA) is 42.0 Å². The third-order valence-electron chi connectivity index (χ3n) is 5.80. The number of carbonyl (C=O) groups excluding carboxylic acids is 1. The molecule has 1 atom stereocenters. The molecule has 4 heteroatoms. The Morgan fingerprint density at radius 3 is 2.64 bits per heavy atom. The molecule has 0 amide bonds. The molecule has 140 valence electrons. The van der Waals surface area contributed by atoms with Crippen LogP contribution in [-0.4, -0.2) is 10.8 Å². The van der Waals surface area contributed by atoms with Gasteiger partial charge in [0.05, 0.1) is 5.52 Å². The summed E-state index contributed by atoms with van der Waals surface area (Å²) in [7, 11) is 0. The Hall–Kier alpha value is -2.65. The fraction of sp³-hybridized carbons (Fsp3) is 0.250. The molecule has 0 spiro atoms. The lowest BCUT2D eigenvalue weighted by Gasteiger charge is -2.39. The van der Waals surface area contributed by atoms with Crippen molar-refractivity contribution >= 4 is 34.0 Å². The summed E-state index contributed by atoms with van der Waals surface area (Å²) in [5.41, 5.74) is 6.02. The predicted molar refractivity (Wildman–Crippen MR) is 114 cm³/mol. The monoisotopic (exact) mass is 388 g/mol. The highest BCUT2D eigenvalue weighted by Gasteiger charge is 2.41. The van der Waals surface area contributed by atoms with Crippen molar-refractivity contribution in [3.05, 3.63) is 82.1 Å². The molecule has 0 bridgehead atoms. The Morgan fingerprint density at radius 2 is 1.86 bits per heavy atom. The Kier molecular flexibility index (Phi) is 3.85. The van der Waals surface area contributed by atoms with Crippen molar-refractivity contribution in [1.29, 1.82) is 0 Å². The van der Waals surface area contributed by atoms with Crippen LogP contribution in [0.3, 0.4) is 0 Å². The van der Waals surface area contributed by atoms with Gasteiger partial charge < -0.3 is 5.32 Å². The number of Topliss-reactive ketones (excluding diaryl/α,β-unsaturated/α-hetero) is 1. The normalized spacial score (nSPS) is 20.5. The Morgan fingerprint density at radius 1 is 1.07 bits per heavy atom. The number of carbonyl (C=O) groups is 1. The molecule has 1 aliphatic carbocycles. The molecule has 2 aliphatic rings. The average molecular weight is 389 g/mol. The van der Waals surface area contributed by atoms with Crippen molar-refractivity contribution in [2.45, 2.75) is 32.6 Å². The number of hydrogen-bond acceptors (Lipinski definition) is 3. The van der Waals surface area contributed by atoms with Gasteiger partial charge in [0.25, 0.3) is 0 Å². The van der Waals surface area contributed by atoms with Crippen molar-refractivity contribution in [1.82, 2.24) is 4.98 Å². The summed E-state index contributed by atoms with van der Waals surface area (Å²) in [6.45, 7) is 4.32. The van der Waals surface area contributed by atoms with Gasteiger partial charge >= 0.3 is 0 Å². The summed E-state index contributed by atoms with van der Waals surface area (Å²) in [4.78, 5) is 18.0. The molecule has 28 heavy (non-hydrogen) atoms. The van der Waals surface area contributed by atoms with Crippen LogP contribution in [0.25, 0.3) is 10.9 Å². The summed E-state index contributed by atoms with van der Waals surface area (Å²) in [5, 5.41) is 5.35. The van der Waals surface area contributed by atoms with E-state index in [0.29, 0.717) is 11.4 Å². The van der Waals surface area contributed by atoms with E-state index >= 15 is 0 Å². The van der Waals surface area contributed by atoms with Crippen LogP contribution >= 0.6 is 11.6 Å². The minimum absolute atomic E-state index is 0.0416. The van der Waals surface area contributed by atoms with Gasteiger partial charge in [0, 0.05) is 51.5 Å². The minimum Gasteiger partial charge on any atom is -0.358 e. The van der Waals surface area contributed by atoms with E-state index in [2.05, 4.69) is 42.3 Å². The first kappa shape index (κ1) is 17.4. The van der Waals surface area contributed by atoms with Crippen molar-refractivity contribution in [3.8, 4) is 0 Å². The van der Waals surface area contributed by atoms with Crippen LogP contribution in [0.1, 0.15) is 43.7 Å². The summed E-state index contributed by atoms with van der Waals surface area (Å²) in [6.07, 6.45) is 3.24. The van der Waals surface area contributed by atoms with Crippen molar-refractivity contribution in [2.24, 2.45) is 5.41 Å². The van der Waals surface area contributed by atoms with E-state index < -0.39 is 0 Å². The number of ketones is 1. The first-order valence-electron chi connectivity index (χ1n) is 9.59. The molecule has 1 aliphatic heterocycles. The summed E-state index contributed by atoms with van der Waals surface area (Å²) >= 11 is 6.15. The molecule has 3 nitrogen and oxygen atoms in total. The van der Waals surface area contributed by atoms with E-state index in [4.69, 9.17) is 11.6 Å². The molecule has 0 fully saturated rings. The minimum atomic E-state index is -0.134. The number of nitrogens with one attached hydrogen (secondary N) is 1. The number of hydrogen-bond donors (Lipinski definition) is 1. The zero-order valence-corrected chi connectivity index (χ0v) is 16.7. The number of halogens is 1. The Balaban J connectivity index is 1.81. The molecule has 0 saturated heterocycles. The van der Waals surface area contributed by atoms with E-state index in [1.807, 2.05) is 36.5 Å². The lowest BCUT2D eigenvalue weighted by molar-refractivity contribution is -0.118. The number of allylic oxidation sites excluding steroid dienone is 2. The summed E-state index contributed by atoms with van der Waals surface area (Å²) < 4.78 is 0. The van der Waals surface area contributed by atoms with Crippen LogP contribution in [-0.2, 0) is 4.79 Å². The SMILES string of the molecule is CC1(C)CC(=O)C2=C(C1)Nc1ccc3cccnc3c1C2c1ccc(Cl)cc1. The van der Waals surface area contributed by atoms with Crippen LogP contribution < -0.4 is 5.32 Å². The number of anilines is 1. The number of pyridine rings is 1. The fourth-order valence-electron chi connectivity index (χ4n) is 4.65. The molecule has 3 aromatic rings. The molecule has 1 N–H and O–H groups in total. The number of rotatable bonds is 1. The fourth-order valence-corrected chi connectivity index (χ4v) is 4.77. The van der Waals surface area contributed by atoms with Gasteiger partial charge in [0.15, 0.2) is 5.78 Å². The zero-order chi connectivity index (χ0) is 19.5. The highest BCUT2D eigenvalue weighted by Crippen LogP contribution is 2.50. The van der Waals surface area contributed by atoms with Crippen LogP contribution in [0.4, 0.5) is 5.69 Å². The van der Waals surface area contributed by atoms with Crippen molar-refractivity contribution in [3.63, 3.8) is 0 Å². The molecular formula is C24H21ClN2O. The van der Waals surface area contributed by atoms with Gasteiger partial charge in [-0.05, 0) is 41.7 Å². The zero-order valence-electron chi connectivity index (χ0n) is 15.9. The van der Waals surface area contributed by atoms with Gasteiger partial charge in [-0.2, -0.15) is 0 Å². The molecule has 0 saturated carbocycles. The molecule has 2 aromatic carbocycles. The average Bonchev–Trinajstić information content (AvgIpc) is 2.66. The first-order chi connectivity index (χ1) is 13.4. The van der Waals surface area contributed by atoms with E-state index in [9.17, 15) is 4.79 Å². The van der Waals surface area contributed by atoms with Crippen LogP contribution in [0, 0.1) is 5.41 Å². The Bertz CT molecular complexity index is 1140. The molecule has 0 radical (unpaired) electrons. The smallest absolute Gasteiger partial charge is 0.162 e. The van der Waals surface area contributed by atoms with Gasteiger partial charge in [-0.25, -0.2) is 0 Å². The number of nitrogens with zero attached hydrogens (tertiary/aromatic N) is 1. The van der Waals surface area contributed by atoms with Crippen molar-refractivity contribution < 1.29 is 4.79 Å². The lowest BCUT2D eigenvalue weighted by atomic mass is 9.68. The van der Waals surface area contributed by atoms with E-state index in [0.717, 1.165) is 45.4 Å². The summed E-state index contributed by atoms with van der Waals surface area (Å²) in [5.74, 6) is 0.0861. The van der Waals surface area contributed by atoms with Crippen molar-refractivity contribution in [2.75, 3.05) is 5.32 Å². The van der Waals surface area contributed by atoms with Gasteiger partial charge in [0.1, 0.15) is 0 Å². The molecular weight excluding hydrogens is 368 g/mol. The second-order valence-electron chi connectivity index (χ2n) is 8.54. The standard InChI is InChI=1S/C24H21ClN2O/c1-24(2)12-18-21(19(28)13-24)20(14-5-8-16(25)9-6-14)22-17(27-18)10-7-15-4-3-11-26-23(15)22/h3-11,20,27H,12-13H2,1-2H3. The highest BCUT2D eigenvalue weighted by molar-refractivity contribution is 6.30. The maximum atomic E-state index is 13.3. The van der Waals surface area contributed by atoms with E-state index in [1.165, 1.54) is 0 Å². The lowest BCUT2D eigenvalue weighted by Crippen LogP contribution is -2.34. The molecule has 5 rings (SSSR count). The molecule has 1 unspecified atom stereocenters. The second kappa shape index (κ2) is 6.18. The summed E-state index contributed by atoms with van der Waals surface area (Å²) in [6, 6.07) is 16.1. The highest BCUT2D eigenvalue weighted by atomic mass is 35.5. The third-order valence-corrected chi connectivity index (χ3v) is 6.05. The quantitative estimate of drug-likeness (QED) is 0.548. The van der Waals surface area contributed by atoms with Crippen LogP contribution in [0.15, 0.2) is 66.0 Å². The number of aromatic nitrogens is 1. The largest absolute Gasteiger partial charge is 0.358 e. The second-order valence-corrected chi connectivity index (χ2v) is 8.98. The van der Waals surface area contributed by atoms with E-state index in [-0.39, 0.29) is 17.1 Å². The number of benzene rings is 2. The van der Waals surface area contributed by atoms with Gasteiger partial charge in [-0.3, -0.25) is 9.78 Å². The number of fused-ring (bicyclic) bond motifs is 3. The first-order valence-corrected chi connectivity index (χ1v) is 9.97. The Labute approximate surface area is 169 Å². The van der Waals surface area contributed by atoms with Gasteiger partial charge in [-0.1, -0.05) is 49.7 Å². The molecule has 2 heterocycles.